The summed E-state index contributed by atoms with van der Waals surface area (Å²) >= 11 is 5.80. The van der Waals surface area contributed by atoms with E-state index >= 15 is 0 Å². The molecule has 2 aromatic rings. The van der Waals surface area contributed by atoms with Crippen molar-refractivity contribution in [1.29, 1.82) is 0 Å². The van der Waals surface area contributed by atoms with Gasteiger partial charge in [-0.3, -0.25) is 0 Å². The SMILES string of the molecule is COc1ccc(S(=O)(=O)NCc2ccc(Cl)cc2)c(OC)c1. The molecule has 118 valence electrons. The van der Waals surface area contributed by atoms with Gasteiger partial charge in [-0.25, -0.2) is 13.1 Å². The second-order valence-corrected chi connectivity index (χ2v) is 6.64. The molecule has 0 aliphatic carbocycles. The summed E-state index contributed by atoms with van der Waals surface area (Å²) in [5, 5.41) is 0.600. The molecule has 0 heterocycles. The van der Waals surface area contributed by atoms with E-state index in [-0.39, 0.29) is 17.2 Å². The lowest BCUT2D eigenvalue weighted by atomic mass is 10.2. The van der Waals surface area contributed by atoms with Crippen molar-refractivity contribution in [1.82, 2.24) is 4.72 Å². The molecule has 0 amide bonds. The summed E-state index contributed by atoms with van der Waals surface area (Å²) in [6, 6.07) is 11.5. The topological polar surface area (TPSA) is 64.6 Å². The standard InChI is InChI=1S/C15H16ClNO4S/c1-20-13-7-8-15(14(9-13)21-2)22(18,19)17-10-11-3-5-12(16)6-4-11/h3-9,17H,10H2,1-2H3. The van der Waals surface area contributed by atoms with Gasteiger partial charge in [0.15, 0.2) is 0 Å². The first kappa shape index (κ1) is 16.6. The van der Waals surface area contributed by atoms with Crippen molar-refractivity contribution in [2.75, 3.05) is 14.2 Å². The first-order chi connectivity index (χ1) is 10.5. The van der Waals surface area contributed by atoms with Crippen LogP contribution in [0.1, 0.15) is 5.56 Å². The molecule has 2 aromatic carbocycles. The largest absolute Gasteiger partial charge is 0.497 e. The normalized spacial score (nSPS) is 11.2. The average Bonchev–Trinajstić information content (AvgIpc) is 2.53. The van der Waals surface area contributed by atoms with Crippen LogP contribution in [0.25, 0.3) is 0 Å². The molecule has 0 aliphatic heterocycles. The van der Waals surface area contributed by atoms with Gasteiger partial charge in [-0.05, 0) is 29.8 Å². The monoisotopic (exact) mass is 341 g/mol. The number of ether oxygens (including phenoxy) is 2. The van der Waals surface area contributed by atoms with Crippen molar-refractivity contribution in [3.63, 3.8) is 0 Å². The maximum absolute atomic E-state index is 12.4. The van der Waals surface area contributed by atoms with E-state index in [1.165, 1.54) is 26.4 Å². The number of hydrogen-bond donors (Lipinski definition) is 1. The van der Waals surface area contributed by atoms with Gasteiger partial charge in [-0.1, -0.05) is 23.7 Å². The van der Waals surface area contributed by atoms with Crippen LogP contribution in [0.3, 0.4) is 0 Å². The average molecular weight is 342 g/mol. The molecule has 7 heteroatoms. The Morgan fingerprint density at radius 1 is 1.05 bits per heavy atom. The number of sulfonamides is 1. The highest BCUT2D eigenvalue weighted by atomic mass is 35.5. The van der Waals surface area contributed by atoms with Crippen LogP contribution in [0.5, 0.6) is 11.5 Å². The predicted octanol–water partition coefficient (Wildman–Crippen LogP) is 2.84. The van der Waals surface area contributed by atoms with Crippen molar-refractivity contribution in [3.05, 3.63) is 53.1 Å². The molecular weight excluding hydrogens is 326 g/mol. The van der Waals surface area contributed by atoms with E-state index in [1.54, 1.807) is 30.3 Å². The number of methoxy groups -OCH3 is 2. The maximum Gasteiger partial charge on any atom is 0.244 e. The van der Waals surface area contributed by atoms with Crippen LogP contribution in [0.2, 0.25) is 5.02 Å². The van der Waals surface area contributed by atoms with Crippen LogP contribution < -0.4 is 14.2 Å². The van der Waals surface area contributed by atoms with Crippen LogP contribution in [-0.2, 0) is 16.6 Å². The first-order valence-corrected chi connectivity index (χ1v) is 8.28. The zero-order chi connectivity index (χ0) is 16.2. The Hall–Kier alpha value is -1.76. The number of rotatable bonds is 6. The van der Waals surface area contributed by atoms with Crippen LogP contribution in [0, 0.1) is 0 Å². The predicted molar refractivity (Wildman–Crippen MR) is 85.0 cm³/mol. The number of nitrogens with one attached hydrogen (secondary N) is 1. The molecule has 22 heavy (non-hydrogen) atoms. The van der Waals surface area contributed by atoms with E-state index in [9.17, 15) is 8.42 Å². The second-order valence-electron chi connectivity index (χ2n) is 4.47. The van der Waals surface area contributed by atoms with Crippen molar-refractivity contribution < 1.29 is 17.9 Å². The van der Waals surface area contributed by atoms with Gasteiger partial charge in [-0.2, -0.15) is 0 Å². The Bertz CT molecular complexity index is 745. The van der Waals surface area contributed by atoms with Crippen LogP contribution in [-0.4, -0.2) is 22.6 Å². The van der Waals surface area contributed by atoms with E-state index in [0.717, 1.165) is 5.56 Å². The summed E-state index contributed by atoms with van der Waals surface area (Å²) < 4.78 is 37.5. The summed E-state index contributed by atoms with van der Waals surface area (Å²) in [6.07, 6.45) is 0. The molecule has 0 bridgehead atoms. The van der Waals surface area contributed by atoms with Crippen LogP contribution in [0.4, 0.5) is 0 Å². The third-order valence-corrected chi connectivity index (χ3v) is 4.73. The molecule has 0 saturated carbocycles. The van der Waals surface area contributed by atoms with Gasteiger partial charge in [0.1, 0.15) is 16.4 Å². The van der Waals surface area contributed by atoms with Gasteiger partial charge in [0.2, 0.25) is 10.0 Å². The highest BCUT2D eigenvalue weighted by Crippen LogP contribution is 2.28. The van der Waals surface area contributed by atoms with E-state index in [4.69, 9.17) is 21.1 Å². The molecule has 0 fully saturated rings. The van der Waals surface area contributed by atoms with Crippen molar-refractivity contribution in [2.24, 2.45) is 0 Å². The lowest BCUT2D eigenvalue weighted by Crippen LogP contribution is -2.23. The summed E-state index contributed by atoms with van der Waals surface area (Å²) in [7, 11) is -0.788. The quantitative estimate of drug-likeness (QED) is 0.877. The zero-order valence-corrected chi connectivity index (χ0v) is 13.7. The van der Waals surface area contributed by atoms with E-state index < -0.39 is 10.0 Å². The van der Waals surface area contributed by atoms with E-state index in [2.05, 4.69) is 4.72 Å². The molecule has 0 spiro atoms. The van der Waals surface area contributed by atoms with Gasteiger partial charge in [0.05, 0.1) is 14.2 Å². The first-order valence-electron chi connectivity index (χ1n) is 6.42. The van der Waals surface area contributed by atoms with Crippen LogP contribution in [0.15, 0.2) is 47.4 Å². The Balaban J connectivity index is 2.21. The van der Waals surface area contributed by atoms with Crippen molar-refractivity contribution >= 4 is 21.6 Å². The molecule has 0 aromatic heterocycles. The molecule has 1 N–H and O–H groups in total. The van der Waals surface area contributed by atoms with Crippen molar-refractivity contribution in [3.8, 4) is 11.5 Å². The molecule has 2 rings (SSSR count). The Labute approximate surface area is 134 Å². The van der Waals surface area contributed by atoms with Gasteiger partial charge < -0.3 is 9.47 Å². The zero-order valence-electron chi connectivity index (χ0n) is 12.2. The smallest absolute Gasteiger partial charge is 0.244 e. The van der Waals surface area contributed by atoms with Crippen molar-refractivity contribution in [2.45, 2.75) is 11.4 Å². The highest BCUT2D eigenvalue weighted by molar-refractivity contribution is 7.89. The van der Waals surface area contributed by atoms with E-state index in [1.807, 2.05) is 0 Å². The van der Waals surface area contributed by atoms with Gasteiger partial charge in [-0.15, -0.1) is 0 Å². The molecule has 0 aliphatic rings. The Morgan fingerprint density at radius 3 is 2.32 bits per heavy atom. The fraction of sp³-hybridized carbons (Fsp3) is 0.200. The number of halogens is 1. The Kier molecular flexibility index (Phi) is 5.28. The van der Waals surface area contributed by atoms with Gasteiger partial charge in [0, 0.05) is 17.6 Å². The van der Waals surface area contributed by atoms with Gasteiger partial charge >= 0.3 is 0 Å². The summed E-state index contributed by atoms with van der Waals surface area (Å²) in [4.78, 5) is 0.0600. The summed E-state index contributed by atoms with van der Waals surface area (Å²) in [5.41, 5.74) is 0.806. The molecule has 0 atom stereocenters. The number of hydrogen-bond acceptors (Lipinski definition) is 4. The third-order valence-electron chi connectivity index (χ3n) is 3.04. The summed E-state index contributed by atoms with van der Waals surface area (Å²) in [5.74, 6) is 0.747. The second kappa shape index (κ2) is 7.00. The minimum atomic E-state index is -3.70. The minimum absolute atomic E-state index is 0.0600. The Morgan fingerprint density at radius 2 is 1.73 bits per heavy atom. The minimum Gasteiger partial charge on any atom is -0.497 e. The lowest BCUT2D eigenvalue weighted by Gasteiger charge is -2.12. The van der Waals surface area contributed by atoms with E-state index in [0.29, 0.717) is 10.8 Å². The fourth-order valence-electron chi connectivity index (χ4n) is 1.86. The lowest BCUT2D eigenvalue weighted by molar-refractivity contribution is 0.386. The maximum atomic E-state index is 12.4. The fourth-order valence-corrected chi connectivity index (χ4v) is 3.15. The third kappa shape index (κ3) is 3.91. The van der Waals surface area contributed by atoms with Crippen LogP contribution >= 0.6 is 11.6 Å². The molecule has 5 nitrogen and oxygen atoms in total. The highest BCUT2D eigenvalue weighted by Gasteiger charge is 2.19. The van der Waals surface area contributed by atoms with Gasteiger partial charge in [0.25, 0.3) is 0 Å². The molecule has 0 saturated heterocycles. The number of benzene rings is 2. The summed E-state index contributed by atoms with van der Waals surface area (Å²) in [6.45, 7) is 0.161. The molecule has 0 unspecified atom stereocenters. The molecule has 0 radical (unpaired) electrons. The molecular formula is C15H16ClNO4S.